The van der Waals surface area contributed by atoms with Gasteiger partial charge in [0.05, 0.1) is 5.88 Å². The van der Waals surface area contributed by atoms with E-state index in [0.717, 1.165) is 16.9 Å². The van der Waals surface area contributed by atoms with Gasteiger partial charge in [-0.25, -0.2) is 9.97 Å². The number of alkyl halides is 1. The lowest BCUT2D eigenvalue weighted by molar-refractivity contribution is 0.435. The molecule has 19 heavy (non-hydrogen) atoms. The molecule has 2 aromatic rings. The topological polar surface area (TPSA) is 35.0 Å². The van der Waals surface area contributed by atoms with Crippen LogP contribution >= 0.6 is 11.6 Å². The zero-order chi connectivity index (χ0) is 13.9. The predicted molar refractivity (Wildman–Crippen MR) is 76.8 cm³/mol. The van der Waals surface area contributed by atoms with Crippen molar-refractivity contribution in [2.75, 3.05) is 0 Å². The summed E-state index contributed by atoms with van der Waals surface area (Å²) in [4.78, 5) is 8.10. The number of nitrogens with zero attached hydrogens (tertiary/aromatic N) is 2. The van der Waals surface area contributed by atoms with Crippen LogP contribution in [-0.2, 0) is 11.3 Å². The van der Waals surface area contributed by atoms with E-state index in [0.29, 0.717) is 11.8 Å². The molecule has 0 fully saturated rings. The fourth-order valence-corrected chi connectivity index (χ4v) is 1.99. The van der Waals surface area contributed by atoms with Gasteiger partial charge in [-0.05, 0) is 11.5 Å². The van der Waals surface area contributed by atoms with Crippen molar-refractivity contribution in [2.24, 2.45) is 0 Å². The largest absolute Gasteiger partial charge is 0.438 e. The maximum absolute atomic E-state index is 5.92. The second kappa shape index (κ2) is 5.57. The smallest absolute Gasteiger partial charge is 0.226 e. The minimum atomic E-state index is 0.00471. The molecule has 3 nitrogen and oxygen atoms in total. The molecule has 1 heterocycles. The third-order valence-corrected chi connectivity index (χ3v) is 3.08. The summed E-state index contributed by atoms with van der Waals surface area (Å²) in [7, 11) is 0. The SMILES string of the molecule is CC(C)(C)c1ccccc1Oc1ncncc1CCl. The molecule has 0 radical (unpaired) electrons. The maximum Gasteiger partial charge on any atom is 0.226 e. The Morgan fingerprint density at radius 3 is 2.63 bits per heavy atom. The molecule has 4 heteroatoms. The minimum Gasteiger partial charge on any atom is -0.438 e. The van der Waals surface area contributed by atoms with Crippen LogP contribution in [0.2, 0.25) is 0 Å². The highest BCUT2D eigenvalue weighted by Crippen LogP contribution is 2.34. The Morgan fingerprint density at radius 2 is 1.95 bits per heavy atom. The zero-order valence-electron chi connectivity index (χ0n) is 11.4. The van der Waals surface area contributed by atoms with Crippen molar-refractivity contribution in [2.45, 2.75) is 32.1 Å². The summed E-state index contributed by atoms with van der Waals surface area (Å²) in [5.74, 6) is 1.65. The first-order valence-corrected chi connectivity index (χ1v) is 6.68. The Morgan fingerprint density at radius 1 is 1.21 bits per heavy atom. The molecule has 0 saturated carbocycles. The first-order chi connectivity index (χ1) is 9.02. The molecule has 0 N–H and O–H groups in total. The van der Waals surface area contributed by atoms with E-state index in [4.69, 9.17) is 16.3 Å². The number of ether oxygens (including phenoxy) is 1. The fraction of sp³-hybridized carbons (Fsp3) is 0.333. The van der Waals surface area contributed by atoms with Crippen LogP contribution in [0.4, 0.5) is 0 Å². The molecule has 0 aliphatic heterocycles. The molecule has 0 saturated heterocycles. The van der Waals surface area contributed by atoms with Crippen molar-refractivity contribution in [1.82, 2.24) is 9.97 Å². The second-order valence-corrected chi connectivity index (χ2v) is 5.60. The molecule has 0 spiro atoms. The number of para-hydroxylation sites is 1. The summed E-state index contributed by atoms with van der Waals surface area (Å²) in [6.07, 6.45) is 3.14. The number of hydrogen-bond donors (Lipinski definition) is 0. The van der Waals surface area contributed by atoms with Crippen LogP contribution in [0.3, 0.4) is 0 Å². The summed E-state index contributed by atoms with van der Waals surface area (Å²) in [6, 6.07) is 7.97. The number of halogens is 1. The Labute approximate surface area is 118 Å². The van der Waals surface area contributed by atoms with Gasteiger partial charge in [0.1, 0.15) is 12.1 Å². The average molecular weight is 277 g/mol. The lowest BCUT2D eigenvalue weighted by atomic mass is 9.86. The summed E-state index contributed by atoms with van der Waals surface area (Å²) in [5.41, 5.74) is 1.92. The highest BCUT2D eigenvalue weighted by atomic mass is 35.5. The monoisotopic (exact) mass is 276 g/mol. The van der Waals surface area contributed by atoms with Crippen LogP contribution in [0.25, 0.3) is 0 Å². The standard InChI is InChI=1S/C15H17ClN2O/c1-15(2,3)12-6-4-5-7-13(12)19-14-11(8-16)9-17-10-18-14/h4-7,9-10H,8H2,1-3H3. The van der Waals surface area contributed by atoms with Crippen molar-refractivity contribution in [3.8, 4) is 11.6 Å². The van der Waals surface area contributed by atoms with Crippen molar-refractivity contribution in [3.05, 3.63) is 47.9 Å². The molecule has 1 aromatic heterocycles. The molecule has 0 unspecified atom stereocenters. The summed E-state index contributed by atoms with van der Waals surface area (Å²) < 4.78 is 5.92. The van der Waals surface area contributed by atoms with Gasteiger partial charge >= 0.3 is 0 Å². The van der Waals surface area contributed by atoms with Crippen molar-refractivity contribution >= 4 is 11.6 Å². The first-order valence-electron chi connectivity index (χ1n) is 6.14. The highest BCUT2D eigenvalue weighted by Gasteiger charge is 2.19. The van der Waals surface area contributed by atoms with Crippen LogP contribution in [0.15, 0.2) is 36.8 Å². The number of rotatable bonds is 3. The van der Waals surface area contributed by atoms with E-state index in [9.17, 15) is 0 Å². The third-order valence-electron chi connectivity index (χ3n) is 2.79. The molecule has 2 rings (SSSR count). The molecule has 0 aliphatic rings. The molecule has 0 aliphatic carbocycles. The van der Waals surface area contributed by atoms with Crippen LogP contribution in [-0.4, -0.2) is 9.97 Å². The second-order valence-electron chi connectivity index (χ2n) is 5.33. The Bertz CT molecular complexity index is 564. The predicted octanol–water partition coefficient (Wildman–Crippen LogP) is 4.31. The van der Waals surface area contributed by atoms with Crippen LogP contribution in [0.5, 0.6) is 11.6 Å². The molecule has 0 bridgehead atoms. The fourth-order valence-electron chi connectivity index (χ4n) is 1.81. The van der Waals surface area contributed by atoms with Gasteiger partial charge in [-0.15, -0.1) is 11.6 Å². The number of hydrogen-bond acceptors (Lipinski definition) is 3. The summed E-state index contributed by atoms with van der Waals surface area (Å²) in [5, 5.41) is 0. The van der Waals surface area contributed by atoms with Gasteiger partial charge in [-0.3, -0.25) is 0 Å². The van der Waals surface area contributed by atoms with E-state index in [1.165, 1.54) is 6.33 Å². The van der Waals surface area contributed by atoms with Crippen molar-refractivity contribution in [1.29, 1.82) is 0 Å². The van der Waals surface area contributed by atoms with Gasteiger partial charge in [-0.2, -0.15) is 0 Å². The normalized spacial score (nSPS) is 11.4. The Kier molecular flexibility index (Phi) is 4.05. The third kappa shape index (κ3) is 3.24. The van der Waals surface area contributed by atoms with E-state index < -0.39 is 0 Å². The molecule has 0 amide bonds. The summed E-state index contributed by atoms with van der Waals surface area (Å²) >= 11 is 5.87. The van der Waals surface area contributed by atoms with Gasteiger partial charge in [-0.1, -0.05) is 39.0 Å². The number of benzene rings is 1. The van der Waals surface area contributed by atoms with Crippen molar-refractivity contribution in [3.63, 3.8) is 0 Å². The van der Waals surface area contributed by atoms with E-state index in [1.54, 1.807) is 6.20 Å². The van der Waals surface area contributed by atoms with E-state index in [-0.39, 0.29) is 5.41 Å². The molecule has 0 atom stereocenters. The minimum absolute atomic E-state index is 0.00471. The van der Waals surface area contributed by atoms with Gasteiger partial charge in [0.2, 0.25) is 5.88 Å². The molecule has 1 aromatic carbocycles. The number of aromatic nitrogens is 2. The van der Waals surface area contributed by atoms with Crippen LogP contribution in [0, 0.1) is 0 Å². The quantitative estimate of drug-likeness (QED) is 0.784. The van der Waals surface area contributed by atoms with Crippen molar-refractivity contribution < 1.29 is 4.74 Å². The molecule has 100 valence electrons. The van der Waals surface area contributed by atoms with E-state index in [1.807, 2.05) is 18.2 Å². The van der Waals surface area contributed by atoms with E-state index in [2.05, 4.69) is 36.8 Å². The lowest BCUT2D eigenvalue weighted by Crippen LogP contribution is -2.12. The van der Waals surface area contributed by atoms with Gasteiger partial charge < -0.3 is 4.74 Å². The average Bonchev–Trinajstić information content (AvgIpc) is 2.39. The first kappa shape index (κ1) is 13.8. The summed E-state index contributed by atoms with van der Waals surface area (Å²) in [6.45, 7) is 6.45. The van der Waals surface area contributed by atoms with E-state index >= 15 is 0 Å². The lowest BCUT2D eigenvalue weighted by Gasteiger charge is -2.22. The van der Waals surface area contributed by atoms with Crippen LogP contribution in [0.1, 0.15) is 31.9 Å². The Balaban J connectivity index is 2.39. The van der Waals surface area contributed by atoms with Gasteiger partial charge in [0.15, 0.2) is 0 Å². The molecular weight excluding hydrogens is 260 g/mol. The van der Waals surface area contributed by atoms with Gasteiger partial charge in [0.25, 0.3) is 0 Å². The Hall–Kier alpha value is -1.61. The zero-order valence-corrected chi connectivity index (χ0v) is 12.1. The highest BCUT2D eigenvalue weighted by molar-refractivity contribution is 6.17. The van der Waals surface area contributed by atoms with Gasteiger partial charge in [0, 0.05) is 17.3 Å². The molecular formula is C15H17ClN2O. The maximum atomic E-state index is 5.92. The van der Waals surface area contributed by atoms with Crippen LogP contribution < -0.4 is 4.74 Å².